The monoisotopic (exact) mass is 335 g/mol. The maximum Gasteiger partial charge on any atom is 0.310 e. The van der Waals surface area contributed by atoms with Gasteiger partial charge < -0.3 is 9.64 Å². The number of benzene rings is 1. The predicted molar refractivity (Wildman–Crippen MR) is 90.0 cm³/mol. The minimum absolute atomic E-state index is 0.0259. The van der Waals surface area contributed by atoms with Gasteiger partial charge in [0.05, 0.1) is 18.6 Å². The van der Waals surface area contributed by atoms with Gasteiger partial charge in [0.25, 0.3) is 5.91 Å². The van der Waals surface area contributed by atoms with Gasteiger partial charge in [-0.25, -0.2) is 4.39 Å². The highest BCUT2D eigenvalue weighted by Crippen LogP contribution is 2.30. The van der Waals surface area contributed by atoms with E-state index in [9.17, 15) is 14.0 Å². The number of amides is 1. The van der Waals surface area contributed by atoms with Crippen LogP contribution in [-0.2, 0) is 9.53 Å². The Labute approximate surface area is 143 Å². The Morgan fingerprint density at radius 3 is 2.58 bits per heavy atom. The zero-order chi connectivity index (χ0) is 17.7. The maximum absolute atomic E-state index is 14.1. The molecule has 0 radical (unpaired) electrons. The van der Waals surface area contributed by atoms with Crippen LogP contribution in [0, 0.1) is 17.7 Å². The molecule has 1 aromatic rings. The standard InChI is InChI=1S/C19H26FNO3/c1-13-8-4-7-11-17(13)21(12-14(2)19(23)24-3)18(22)15-9-5-6-10-16(15)20/h5-6,9-10,13-14,17H,4,7-8,11-12H2,1-3H3. The van der Waals surface area contributed by atoms with Gasteiger partial charge in [0.15, 0.2) is 0 Å². The van der Waals surface area contributed by atoms with Gasteiger partial charge in [0.1, 0.15) is 5.82 Å². The van der Waals surface area contributed by atoms with Crippen LogP contribution in [-0.4, -0.2) is 36.5 Å². The fourth-order valence-corrected chi connectivity index (χ4v) is 3.49. The predicted octanol–water partition coefficient (Wildman–Crippen LogP) is 3.66. The maximum atomic E-state index is 14.1. The zero-order valence-corrected chi connectivity index (χ0v) is 14.6. The van der Waals surface area contributed by atoms with E-state index in [1.807, 2.05) is 0 Å². The van der Waals surface area contributed by atoms with Gasteiger partial charge in [-0.05, 0) is 30.9 Å². The van der Waals surface area contributed by atoms with Gasteiger partial charge in [0.2, 0.25) is 0 Å². The first-order valence-electron chi connectivity index (χ1n) is 8.59. The second-order valence-corrected chi connectivity index (χ2v) is 6.69. The first kappa shape index (κ1) is 18.4. The molecule has 0 aliphatic heterocycles. The van der Waals surface area contributed by atoms with Crippen molar-refractivity contribution in [2.75, 3.05) is 13.7 Å². The van der Waals surface area contributed by atoms with Crippen LogP contribution in [0.25, 0.3) is 0 Å². The Morgan fingerprint density at radius 2 is 1.96 bits per heavy atom. The van der Waals surface area contributed by atoms with Crippen LogP contribution >= 0.6 is 0 Å². The lowest BCUT2D eigenvalue weighted by atomic mass is 9.84. The summed E-state index contributed by atoms with van der Waals surface area (Å²) in [5, 5.41) is 0. The number of ether oxygens (including phenoxy) is 1. The number of esters is 1. The molecule has 2 rings (SSSR count). The highest BCUT2D eigenvalue weighted by Gasteiger charge is 2.34. The van der Waals surface area contributed by atoms with Crippen LogP contribution in [0.5, 0.6) is 0 Å². The minimum atomic E-state index is -0.526. The molecule has 0 saturated heterocycles. The molecule has 3 unspecified atom stereocenters. The van der Waals surface area contributed by atoms with Crippen molar-refractivity contribution in [1.29, 1.82) is 0 Å². The van der Waals surface area contributed by atoms with Gasteiger partial charge in [-0.3, -0.25) is 9.59 Å². The van der Waals surface area contributed by atoms with E-state index in [4.69, 9.17) is 4.74 Å². The molecule has 4 nitrogen and oxygen atoms in total. The highest BCUT2D eigenvalue weighted by atomic mass is 19.1. The van der Waals surface area contributed by atoms with E-state index in [0.29, 0.717) is 5.92 Å². The first-order valence-corrected chi connectivity index (χ1v) is 8.59. The molecule has 1 aliphatic rings. The Kier molecular flexibility index (Phi) is 6.35. The van der Waals surface area contributed by atoms with E-state index in [-0.39, 0.29) is 30.0 Å². The third kappa shape index (κ3) is 4.13. The van der Waals surface area contributed by atoms with E-state index < -0.39 is 11.7 Å². The lowest BCUT2D eigenvalue weighted by Crippen LogP contribution is -2.48. The SMILES string of the molecule is COC(=O)C(C)CN(C(=O)c1ccccc1F)C1CCCCC1C. The number of nitrogens with zero attached hydrogens (tertiary/aromatic N) is 1. The van der Waals surface area contributed by atoms with Crippen LogP contribution in [0.3, 0.4) is 0 Å². The topological polar surface area (TPSA) is 46.6 Å². The summed E-state index contributed by atoms with van der Waals surface area (Å²) in [6, 6.07) is 6.04. The van der Waals surface area contributed by atoms with Crippen LogP contribution < -0.4 is 0 Å². The molecule has 0 spiro atoms. The first-order chi connectivity index (χ1) is 11.5. The van der Waals surface area contributed by atoms with E-state index in [2.05, 4.69) is 6.92 Å². The third-order valence-corrected chi connectivity index (χ3v) is 4.91. The fraction of sp³-hybridized carbons (Fsp3) is 0.579. The van der Waals surface area contributed by atoms with Crippen molar-refractivity contribution in [2.24, 2.45) is 11.8 Å². The largest absolute Gasteiger partial charge is 0.469 e. The van der Waals surface area contributed by atoms with Gasteiger partial charge in [-0.15, -0.1) is 0 Å². The van der Waals surface area contributed by atoms with Crippen molar-refractivity contribution in [3.8, 4) is 0 Å². The van der Waals surface area contributed by atoms with Crippen molar-refractivity contribution < 1.29 is 18.7 Å². The molecule has 0 heterocycles. The summed E-state index contributed by atoms with van der Waals surface area (Å²) in [7, 11) is 1.34. The number of hydrogen-bond donors (Lipinski definition) is 0. The summed E-state index contributed by atoms with van der Waals surface area (Å²) in [4.78, 5) is 26.5. The Balaban J connectivity index is 2.29. The minimum Gasteiger partial charge on any atom is -0.469 e. The molecule has 3 atom stereocenters. The lowest BCUT2D eigenvalue weighted by Gasteiger charge is -2.39. The molecule has 24 heavy (non-hydrogen) atoms. The summed E-state index contributed by atoms with van der Waals surface area (Å²) >= 11 is 0. The average molecular weight is 335 g/mol. The van der Waals surface area contributed by atoms with Crippen molar-refractivity contribution >= 4 is 11.9 Å². The van der Waals surface area contributed by atoms with Crippen molar-refractivity contribution in [3.05, 3.63) is 35.6 Å². The number of methoxy groups -OCH3 is 1. The number of carbonyl (C=O) groups excluding carboxylic acids is 2. The van der Waals surface area contributed by atoms with Crippen LogP contribution in [0.4, 0.5) is 4.39 Å². The molecule has 5 heteroatoms. The molecular formula is C19H26FNO3. The molecule has 1 aliphatic carbocycles. The van der Waals surface area contributed by atoms with Crippen LogP contribution in [0.1, 0.15) is 49.9 Å². The number of carbonyl (C=O) groups is 2. The van der Waals surface area contributed by atoms with E-state index in [1.165, 1.54) is 19.2 Å². The Hall–Kier alpha value is -1.91. The van der Waals surface area contributed by atoms with Crippen molar-refractivity contribution in [2.45, 2.75) is 45.6 Å². The molecule has 1 aromatic carbocycles. The van der Waals surface area contributed by atoms with E-state index in [1.54, 1.807) is 24.0 Å². The molecule has 1 amide bonds. The van der Waals surface area contributed by atoms with Gasteiger partial charge >= 0.3 is 5.97 Å². The Morgan fingerprint density at radius 1 is 1.29 bits per heavy atom. The third-order valence-electron chi connectivity index (χ3n) is 4.91. The fourth-order valence-electron chi connectivity index (χ4n) is 3.49. The quantitative estimate of drug-likeness (QED) is 0.772. The van der Waals surface area contributed by atoms with Crippen LogP contribution in [0.2, 0.25) is 0 Å². The van der Waals surface area contributed by atoms with E-state index in [0.717, 1.165) is 25.7 Å². The molecule has 1 saturated carbocycles. The van der Waals surface area contributed by atoms with Crippen molar-refractivity contribution in [1.82, 2.24) is 4.90 Å². The van der Waals surface area contributed by atoms with Crippen LogP contribution in [0.15, 0.2) is 24.3 Å². The highest BCUT2D eigenvalue weighted by molar-refractivity contribution is 5.95. The number of hydrogen-bond acceptors (Lipinski definition) is 3. The van der Waals surface area contributed by atoms with Crippen molar-refractivity contribution in [3.63, 3.8) is 0 Å². The number of rotatable bonds is 5. The number of halogens is 1. The zero-order valence-electron chi connectivity index (χ0n) is 14.6. The normalized spacial score (nSPS) is 21.8. The molecule has 132 valence electrons. The summed E-state index contributed by atoms with van der Waals surface area (Å²) in [5.41, 5.74) is 0.0624. The van der Waals surface area contributed by atoms with E-state index >= 15 is 0 Å². The van der Waals surface area contributed by atoms with Gasteiger partial charge in [0, 0.05) is 12.6 Å². The summed E-state index contributed by atoms with van der Waals surface area (Å²) in [5.74, 6) is -1.34. The second-order valence-electron chi connectivity index (χ2n) is 6.69. The second kappa shape index (κ2) is 8.27. The Bertz CT molecular complexity index is 590. The smallest absolute Gasteiger partial charge is 0.310 e. The average Bonchev–Trinajstić information content (AvgIpc) is 2.59. The molecule has 0 aromatic heterocycles. The molecular weight excluding hydrogens is 309 g/mol. The summed E-state index contributed by atoms with van der Waals surface area (Å²) < 4.78 is 18.9. The molecule has 0 bridgehead atoms. The summed E-state index contributed by atoms with van der Waals surface area (Å²) in [6.07, 6.45) is 4.11. The molecule has 1 fully saturated rings. The molecule has 0 N–H and O–H groups in total. The summed E-state index contributed by atoms with van der Waals surface area (Å²) in [6.45, 7) is 4.10. The lowest BCUT2D eigenvalue weighted by molar-refractivity contribution is -0.145. The van der Waals surface area contributed by atoms with Gasteiger partial charge in [-0.1, -0.05) is 38.8 Å². The van der Waals surface area contributed by atoms with Gasteiger partial charge in [-0.2, -0.15) is 0 Å².